The molecule has 0 spiro atoms. The van der Waals surface area contributed by atoms with Crippen LogP contribution in [0, 0.1) is 5.82 Å². The van der Waals surface area contributed by atoms with Gasteiger partial charge in [-0.05, 0) is 20.2 Å². The van der Waals surface area contributed by atoms with Crippen molar-refractivity contribution < 1.29 is 14.0 Å². The van der Waals surface area contributed by atoms with Gasteiger partial charge in [0.15, 0.2) is 0 Å². The first-order valence-electron chi connectivity index (χ1n) is 7.56. The maximum Gasteiger partial charge on any atom is 0.233 e. The van der Waals surface area contributed by atoms with Crippen LogP contribution in [-0.4, -0.2) is 61.1 Å². The molecule has 1 unspecified atom stereocenters. The topological polar surface area (TPSA) is 52.7 Å². The molecule has 1 saturated heterocycles. The molecule has 1 aromatic carbocycles. The number of amides is 2. The maximum absolute atomic E-state index is 13.9. The molecule has 1 aliphatic rings. The average molecular weight is 339 g/mol. The Balaban J connectivity index is 1.91. The van der Waals surface area contributed by atoms with Crippen LogP contribution in [0.15, 0.2) is 24.3 Å². The molecule has 2 rings (SSSR count). The lowest BCUT2D eigenvalue weighted by Gasteiger charge is -2.24. The minimum Gasteiger partial charge on any atom is -0.355 e. The molecule has 0 saturated carbocycles. The standard InChI is InChI=1S/C16H22FN3O2S/c1-19(2)10-8-18-14(21)7-9-20-15(22)11-23-16(20)12-5-3-4-6-13(12)17/h3-6,16H,7-11H2,1-2H3,(H,18,21). The summed E-state index contributed by atoms with van der Waals surface area (Å²) < 4.78 is 13.9. The van der Waals surface area contributed by atoms with Crippen LogP contribution in [0.2, 0.25) is 0 Å². The molecule has 1 atom stereocenters. The summed E-state index contributed by atoms with van der Waals surface area (Å²) >= 11 is 1.40. The van der Waals surface area contributed by atoms with Crippen LogP contribution in [0.1, 0.15) is 17.4 Å². The van der Waals surface area contributed by atoms with E-state index in [1.165, 1.54) is 17.8 Å². The van der Waals surface area contributed by atoms with Gasteiger partial charge in [-0.2, -0.15) is 0 Å². The highest BCUT2D eigenvalue weighted by Crippen LogP contribution is 2.39. The quantitative estimate of drug-likeness (QED) is 0.817. The number of thioether (sulfide) groups is 1. The molecular formula is C16H22FN3O2S. The number of hydrogen-bond donors (Lipinski definition) is 1. The molecule has 0 aliphatic carbocycles. The highest BCUT2D eigenvalue weighted by molar-refractivity contribution is 8.00. The van der Waals surface area contributed by atoms with E-state index < -0.39 is 0 Å². The van der Waals surface area contributed by atoms with Crippen LogP contribution in [0.3, 0.4) is 0 Å². The van der Waals surface area contributed by atoms with Gasteiger partial charge < -0.3 is 15.1 Å². The number of nitrogens with one attached hydrogen (secondary N) is 1. The highest BCUT2D eigenvalue weighted by Gasteiger charge is 2.34. The second-order valence-corrected chi connectivity index (χ2v) is 6.74. The van der Waals surface area contributed by atoms with Gasteiger partial charge in [-0.1, -0.05) is 18.2 Å². The zero-order chi connectivity index (χ0) is 16.8. The van der Waals surface area contributed by atoms with E-state index in [-0.39, 0.29) is 29.4 Å². The Morgan fingerprint density at radius 1 is 1.43 bits per heavy atom. The zero-order valence-electron chi connectivity index (χ0n) is 13.4. The second-order valence-electron chi connectivity index (χ2n) is 5.68. The summed E-state index contributed by atoms with van der Waals surface area (Å²) in [7, 11) is 3.87. The number of hydrogen-bond acceptors (Lipinski definition) is 4. The SMILES string of the molecule is CN(C)CCNC(=O)CCN1C(=O)CSC1c1ccccc1F. The van der Waals surface area contributed by atoms with Crippen LogP contribution < -0.4 is 5.32 Å². The Morgan fingerprint density at radius 2 is 2.17 bits per heavy atom. The fraction of sp³-hybridized carbons (Fsp3) is 0.500. The Kier molecular flexibility index (Phi) is 6.41. The number of benzene rings is 1. The van der Waals surface area contributed by atoms with E-state index in [0.717, 1.165) is 6.54 Å². The van der Waals surface area contributed by atoms with E-state index in [1.54, 1.807) is 23.1 Å². The van der Waals surface area contributed by atoms with E-state index in [4.69, 9.17) is 0 Å². The van der Waals surface area contributed by atoms with Crippen LogP contribution >= 0.6 is 11.8 Å². The van der Waals surface area contributed by atoms with Crippen molar-refractivity contribution in [2.24, 2.45) is 0 Å². The van der Waals surface area contributed by atoms with E-state index in [9.17, 15) is 14.0 Å². The minimum atomic E-state index is -0.349. The summed E-state index contributed by atoms with van der Waals surface area (Å²) in [6.45, 7) is 1.64. The van der Waals surface area contributed by atoms with Crippen molar-refractivity contribution in [2.75, 3.05) is 39.5 Å². The van der Waals surface area contributed by atoms with Crippen molar-refractivity contribution in [2.45, 2.75) is 11.8 Å². The fourth-order valence-electron chi connectivity index (χ4n) is 2.36. The van der Waals surface area contributed by atoms with Gasteiger partial charge in [-0.25, -0.2) is 4.39 Å². The van der Waals surface area contributed by atoms with E-state index in [1.807, 2.05) is 19.0 Å². The van der Waals surface area contributed by atoms with Crippen molar-refractivity contribution >= 4 is 23.6 Å². The molecule has 23 heavy (non-hydrogen) atoms. The van der Waals surface area contributed by atoms with Gasteiger partial charge in [0.1, 0.15) is 11.2 Å². The molecule has 0 aromatic heterocycles. The molecule has 1 heterocycles. The molecule has 0 bridgehead atoms. The summed E-state index contributed by atoms with van der Waals surface area (Å²) in [5, 5.41) is 2.47. The molecule has 1 N–H and O–H groups in total. The fourth-order valence-corrected chi connectivity index (χ4v) is 3.60. The first-order valence-corrected chi connectivity index (χ1v) is 8.61. The Hall–Kier alpha value is -1.60. The van der Waals surface area contributed by atoms with Gasteiger partial charge >= 0.3 is 0 Å². The number of halogens is 1. The molecule has 7 heteroatoms. The minimum absolute atomic E-state index is 0.0515. The van der Waals surface area contributed by atoms with E-state index in [2.05, 4.69) is 5.32 Å². The molecule has 5 nitrogen and oxygen atoms in total. The van der Waals surface area contributed by atoms with Gasteiger partial charge in [-0.15, -0.1) is 11.8 Å². The highest BCUT2D eigenvalue weighted by atomic mass is 32.2. The van der Waals surface area contributed by atoms with Crippen molar-refractivity contribution in [1.29, 1.82) is 0 Å². The summed E-state index contributed by atoms with van der Waals surface area (Å²) in [5.41, 5.74) is 0.497. The van der Waals surface area contributed by atoms with Gasteiger partial charge in [0.05, 0.1) is 5.75 Å². The van der Waals surface area contributed by atoms with Crippen LogP contribution in [0.25, 0.3) is 0 Å². The van der Waals surface area contributed by atoms with Gasteiger partial charge in [-0.3, -0.25) is 9.59 Å². The summed E-state index contributed by atoms with van der Waals surface area (Å²) in [5.74, 6) is -0.144. The van der Waals surface area contributed by atoms with Crippen LogP contribution in [0.5, 0.6) is 0 Å². The smallest absolute Gasteiger partial charge is 0.233 e. The lowest BCUT2D eigenvalue weighted by atomic mass is 10.2. The molecule has 1 aliphatic heterocycles. The maximum atomic E-state index is 13.9. The largest absolute Gasteiger partial charge is 0.355 e. The van der Waals surface area contributed by atoms with E-state index in [0.29, 0.717) is 24.4 Å². The third-order valence-electron chi connectivity index (χ3n) is 3.60. The Labute approximate surface area is 140 Å². The first-order chi connectivity index (χ1) is 11.0. The van der Waals surface area contributed by atoms with Crippen molar-refractivity contribution in [3.05, 3.63) is 35.6 Å². The Morgan fingerprint density at radius 3 is 2.87 bits per heavy atom. The van der Waals surface area contributed by atoms with E-state index >= 15 is 0 Å². The van der Waals surface area contributed by atoms with Crippen molar-refractivity contribution in [3.8, 4) is 0 Å². The van der Waals surface area contributed by atoms with Crippen molar-refractivity contribution in [1.82, 2.24) is 15.1 Å². The van der Waals surface area contributed by atoms with Gasteiger partial charge in [0.25, 0.3) is 0 Å². The van der Waals surface area contributed by atoms with Gasteiger partial charge in [0, 0.05) is 31.6 Å². The lowest BCUT2D eigenvalue weighted by Crippen LogP contribution is -2.35. The number of carbonyl (C=O) groups excluding carboxylic acids is 2. The summed E-state index contributed by atoms with van der Waals surface area (Å²) in [4.78, 5) is 27.5. The normalized spacial score (nSPS) is 17.8. The van der Waals surface area contributed by atoms with Crippen LogP contribution in [0.4, 0.5) is 4.39 Å². The molecule has 1 aromatic rings. The summed E-state index contributed by atoms with van der Waals surface area (Å²) in [6, 6.07) is 6.47. The second kappa shape index (κ2) is 8.31. The zero-order valence-corrected chi connectivity index (χ0v) is 14.2. The van der Waals surface area contributed by atoms with Crippen molar-refractivity contribution in [3.63, 3.8) is 0 Å². The monoisotopic (exact) mass is 339 g/mol. The molecule has 126 valence electrons. The van der Waals surface area contributed by atoms with Gasteiger partial charge in [0.2, 0.25) is 11.8 Å². The number of rotatable bonds is 7. The molecule has 0 radical (unpaired) electrons. The van der Waals surface area contributed by atoms with Crippen LogP contribution in [-0.2, 0) is 9.59 Å². The molecular weight excluding hydrogens is 317 g/mol. The first kappa shape index (κ1) is 17.7. The average Bonchev–Trinajstić information content (AvgIpc) is 2.86. The predicted molar refractivity (Wildman–Crippen MR) is 89.5 cm³/mol. The third kappa shape index (κ3) is 4.94. The summed E-state index contributed by atoms with van der Waals surface area (Å²) in [6.07, 6.45) is 0.227. The lowest BCUT2D eigenvalue weighted by molar-refractivity contribution is -0.129. The Bertz CT molecular complexity index is 568. The number of likely N-dealkylation sites (N-methyl/N-ethyl adjacent to an activating group) is 1. The predicted octanol–water partition coefficient (Wildman–Crippen LogP) is 1.47. The number of carbonyl (C=O) groups is 2. The third-order valence-corrected chi connectivity index (χ3v) is 4.84. The number of nitrogens with zero attached hydrogens (tertiary/aromatic N) is 2. The molecule has 1 fully saturated rings. The molecule has 2 amide bonds.